The van der Waals surface area contributed by atoms with Crippen molar-refractivity contribution in [1.82, 2.24) is 10.3 Å². The van der Waals surface area contributed by atoms with Gasteiger partial charge < -0.3 is 20.5 Å². The Morgan fingerprint density at radius 2 is 2.45 bits per heavy atom. The van der Waals surface area contributed by atoms with E-state index in [0.29, 0.717) is 50.3 Å². The van der Waals surface area contributed by atoms with Gasteiger partial charge in [-0.25, -0.2) is 4.39 Å². The van der Waals surface area contributed by atoms with Crippen molar-refractivity contribution in [1.29, 1.82) is 0 Å². The van der Waals surface area contributed by atoms with Crippen LogP contribution in [0.2, 0.25) is 0 Å². The van der Waals surface area contributed by atoms with Crippen LogP contribution in [0.3, 0.4) is 0 Å². The van der Waals surface area contributed by atoms with Crippen LogP contribution in [0.25, 0.3) is 0 Å². The predicted octanol–water partition coefficient (Wildman–Crippen LogP) is 0.266. The lowest BCUT2D eigenvalue weighted by Gasteiger charge is -2.29. The molecule has 0 amide bonds. The molecule has 0 aliphatic carbocycles. The third-order valence-electron chi connectivity index (χ3n) is 3.29. The number of nitrogens with one attached hydrogen (secondary N) is 1. The fourth-order valence-electron chi connectivity index (χ4n) is 2.16. The molecule has 1 aliphatic rings. The summed E-state index contributed by atoms with van der Waals surface area (Å²) in [5.74, 6) is -0.383. The molecule has 6 nitrogen and oxygen atoms in total. The number of morpholine rings is 1. The first-order chi connectivity index (χ1) is 9.70. The topological polar surface area (TPSA) is 86.5 Å². The van der Waals surface area contributed by atoms with E-state index in [9.17, 15) is 9.18 Å². The fourth-order valence-corrected chi connectivity index (χ4v) is 2.16. The quantitative estimate of drug-likeness (QED) is 0.729. The van der Waals surface area contributed by atoms with Crippen LogP contribution < -0.4 is 11.1 Å². The highest BCUT2D eigenvalue weighted by atomic mass is 19.1. The minimum absolute atomic E-state index is 0.00514. The third-order valence-corrected chi connectivity index (χ3v) is 3.29. The summed E-state index contributed by atoms with van der Waals surface area (Å²) in [6, 6.07) is 0.0131. The molecule has 1 aromatic heterocycles. The van der Waals surface area contributed by atoms with Crippen LogP contribution in [-0.4, -0.2) is 43.4 Å². The molecule has 2 heterocycles. The van der Waals surface area contributed by atoms with Gasteiger partial charge in [-0.15, -0.1) is 0 Å². The van der Waals surface area contributed by atoms with Gasteiger partial charge in [0.1, 0.15) is 12.4 Å². The van der Waals surface area contributed by atoms with Crippen LogP contribution >= 0.6 is 0 Å². The summed E-state index contributed by atoms with van der Waals surface area (Å²) in [5, 5.41) is 3.22. The first kappa shape index (κ1) is 14.7. The molecule has 2 rings (SSSR count). The maximum absolute atomic E-state index is 13.6. The molecular weight excluding hydrogens is 265 g/mol. The average molecular weight is 283 g/mol. The monoisotopic (exact) mass is 283 g/mol. The highest BCUT2D eigenvalue weighted by Crippen LogP contribution is 2.18. The summed E-state index contributed by atoms with van der Waals surface area (Å²) in [6.07, 6.45) is 3.78. The summed E-state index contributed by atoms with van der Waals surface area (Å²) in [4.78, 5) is 13.8. The Morgan fingerprint density at radius 1 is 1.60 bits per heavy atom. The van der Waals surface area contributed by atoms with Crippen molar-refractivity contribution in [2.75, 3.05) is 25.5 Å². The number of aromatic nitrogens is 1. The number of carbonyl (C=O) groups is 1. The molecular formula is C13H18FN3O3. The van der Waals surface area contributed by atoms with Crippen LogP contribution in [0.1, 0.15) is 12.0 Å². The number of pyridine rings is 1. The number of halogens is 1. The second-order valence-electron chi connectivity index (χ2n) is 4.72. The molecule has 3 N–H and O–H groups in total. The van der Waals surface area contributed by atoms with Gasteiger partial charge in [0.05, 0.1) is 36.8 Å². The number of hydrogen-bond donors (Lipinski definition) is 2. The zero-order chi connectivity index (χ0) is 14.4. The Labute approximate surface area is 116 Å². The molecule has 0 aromatic carbocycles. The molecule has 0 bridgehead atoms. The van der Waals surface area contributed by atoms with E-state index in [1.54, 1.807) is 0 Å². The van der Waals surface area contributed by atoms with Crippen molar-refractivity contribution in [3.8, 4) is 0 Å². The van der Waals surface area contributed by atoms with Crippen molar-refractivity contribution >= 4 is 12.2 Å². The molecule has 1 aromatic rings. The number of nitrogens with two attached hydrogens (primary N) is 1. The van der Waals surface area contributed by atoms with Gasteiger partial charge in [-0.2, -0.15) is 0 Å². The second-order valence-corrected chi connectivity index (χ2v) is 4.72. The number of hydrogen-bond acceptors (Lipinski definition) is 6. The molecule has 1 saturated heterocycles. The molecule has 1 aliphatic heterocycles. The number of rotatable bonds is 6. The molecule has 0 saturated carbocycles. The van der Waals surface area contributed by atoms with Gasteiger partial charge in [-0.05, 0) is 12.8 Å². The van der Waals surface area contributed by atoms with Crippen LogP contribution in [0.5, 0.6) is 0 Å². The lowest BCUT2D eigenvalue weighted by Crippen LogP contribution is -2.48. The first-order valence-electron chi connectivity index (χ1n) is 6.48. The Hall–Kier alpha value is -1.73. The van der Waals surface area contributed by atoms with Crippen LogP contribution in [0, 0.1) is 5.82 Å². The van der Waals surface area contributed by atoms with Gasteiger partial charge >= 0.3 is 0 Å². The lowest BCUT2D eigenvalue weighted by atomic mass is 10.0. The van der Waals surface area contributed by atoms with Gasteiger partial charge in [0.2, 0.25) is 0 Å². The van der Waals surface area contributed by atoms with Gasteiger partial charge in [-0.1, -0.05) is 0 Å². The minimum atomic E-state index is -0.383. The molecule has 1 fully saturated rings. The largest absolute Gasteiger partial charge is 0.466 e. The highest BCUT2D eigenvalue weighted by Gasteiger charge is 2.21. The van der Waals surface area contributed by atoms with Crippen molar-refractivity contribution in [3.63, 3.8) is 0 Å². The normalized spacial score (nSPS) is 22.4. The van der Waals surface area contributed by atoms with Crippen molar-refractivity contribution in [2.45, 2.75) is 25.0 Å². The van der Waals surface area contributed by atoms with Crippen molar-refractivity contribution in [2.24, 2.45) is 0 Å². The zero-order valence-corrected chi connectivity index (χ0v) is 11.0. The molecule has 0 radical (unpaired) electrons. The van der Waals surface area contributed by atoms with Crippen molar-refractivity contribution in [3.05, 3.63) is 23.8 Å². The maximum Gasteiger partial charge on any atom is 0.293 e. The van der Waals surface area contributed by atoms with Gasteiger partial charge in [0.15, 0.2) is 0 Å². The summed E-state index contributed by atoms with van der Waals surface area (Å²) >= 11 is 0. The van der Waals surface area contributed by atoms with Crippen molar-refractivity contribution < 1.29 is 18.7 Å². The van der Waals surface area contributed by atoms with Gasteiger partial charge in [0.25, 0.3) is 6.47 Å². The number of ether oxygens (including phenoxy) is 2. The Balaban J connectivity index is 1.77. The van der Waals surface area contributed by atoms with E-state index in [0.717, 1.165) is 0 Å². The molecule has 110 valence electrons. The van der Waals surface area contributed by atoms with Crippen LogP contribution in [-0.2, 0) is 20.7 Å². The summed E-state index contributed by atoms with van der Waals surface area (Å²) in [7, 11) is 0. The first-order valence-corrected chi connectivity index (χ1v) is 6.48. The SMILES string of the molecule is Nc1cncc(F)c1CC[C@@H]1CN[C@H](COC=O)CO1. The van der Waals surface area contributed by atoms with E-state index in [-0.39, 0.29) is 18.0 Å². The average Bonchev–Trinajstić information content (AvgIpc) is 2.46. The fraction of sp³-hybridized carbons (Fsp3) is 0.538. The van der Waals surface area contributed by atoms with E-state index in [1.807, 2.05) is 0 Å². The predicted molar refractivity (Wildman–Crippen MR) is 70.5 cm³/mol. The molecule has 2 atom stereocenters. The standard InChI is InChI=1S/C13H18FN3O3/c14-12-4-16-5-13(15)11(12)2-1-10-3-17-9(7-20-10)6-19-8-18/h4-5,8-10,17H,1-3,6-7,15H2/t9-,10-/m1/s1. The van der Waals surface area contributed by atoms with E-state index in [4.69, 9.17) is 10.5 Å². The summed E-state index contributed by atoms with van der Waals surface area (Å²) < 4.78 is 23.9. The van der Waals surface area contributed by atoms with E-state index in [2.05, 4.69) is 15.0 Å². The van der Waals surface area contributed by atoms with E-state index in [1.165, 1.54) is 12.4 Å². The summed E-state index contributed by atoms with van der Waals surface area (Å²) in [6.45, 7) is 1.82. The van der Waals surface area contributed by atoms with E-state index < -0.39 is 0 Å². The molecule has 20 heavy (non-hydrogen) atoms. The maximum atomic E-state index is 13.6. The molecule has 0 spiro atoms. The van der Waals surface area contributed by atoms with Crippen LogP contribution in [0.4, 0.5) is 10.1 Å². The number of nitrogen functional groups attached to an aromatic ring is 1. The third kappa shape index (κ3) is 3.88. The number of nitrogens with zero attached hydrogens (tertiary/aromatic N) is 1. The number of carbonyl (C=O) groups excluding carboxylic acids is 1. The summed E-state index contributed by atoms with van der Waals surface area (Å²) in [5.41, 5.74) is 6.55. The lowest BCUT2D eigenvalue weighted by molar-refractivity contribution is -0.130. The van der Waals surface area contributed by atoms with E-state index >= 15 is 0 Å². The number of anilines is 1. The minimum Gasteiger partial charge on any atom is -0.466 e. The zero-order valence-electron chi connectivity index (χ0n) is 11.0. The van der Waals surface area contributed by atoms with Gasteiger partial charge in [0, 0.05) is 12.1 Å². The smallest absolute Gasteiger partial charge is 0.293 e. The Kier molecular flexibility index (Phi) is 5.25. The Morgan fingerprint density at radius 3 is 3.10 bits per heavy atom. The second kappa shape index (κ2) is 7.16. The highest BCUT2D eigenvalue weighted by molar-refractivity contribution is 5.44. The van der Waals surface area contributed by atoms with Crippen LogP contribution in [0.15, 0.2) is 12.4 Å². The molecule has 0 unspecified atom stereocenters. The Bertz CT molecular complexity index is 430. The van der Waals surface area contributed by atoms with Gasteiger partial charge in [-0.3, -0.25) is 9.78 Å². The molecule has 7 heteroatoms.